The first-order valence-corrected chi connectivity index (χ1v) is 31.3. The number of piperidine rings is 2. The Morgan fingerprint density at radius 3 is 1.27 bits per heavy atom. The van der Waals surface area contributed by atoms with Crippen molar-refractivity contribution < 1.29 is 19.2 Å². The van der Waals surface area contributed by atoms with Crippen molar-refractivity contribution in [3.63, 3.8) is 0 Å². The van der Waals surface area contributed by atoms with Crippen LogP contribution in [-0.4, -0.2) is 146 Å². The van der Waals surface area contributed by atoms with Gasteiger partial charge in [0, 0.05) is 97.4 Å². The quantitative estimate of drug-likeness (QED) is 0.0595. The van der Waals surface area contributed by atoms with Gasteiger partial charge in [-0.25, -0.2) is 0 Å². The highest BCUT2D eigenvalue weighted by Gasteiger charge is 2.34. The molecule has 4 amide bonds. The molecule has 10 rings (SSSR count). The fourth-order valence-corrected chi connectivity index (χ4v) is 12.9. The molecule has 0 spiro atoms. The van der Waals surface area contributed by atoms with Crippen LogP contribution in [0.3, 0.4) is 0 Å². The normalized spacial score (nSPS) is 21.0. The van der Waals surface area contributed by atoms with Crippen LogP contribution in [0.15, 0.2) is 133 Å². The van der Waals surface area contributed by atoms with E-state index in [-0.39, 0.29) is 47.8 Å². The lowest BCUT2D eigenvalue weighted by Gasteiger charge is -2.31. The van der Waals surface area contributed by atoms with E-state index in [1.54, 1.807) is 0 Å². The van der Waals surface area contributed by atoms with Crippen LogP contribution in [0.2, 0.25) is 10.0 Å². The minimum absolute atomic E-state index is 0.0234. The van der Waals surface area contributed by atoms with Crippen LogP contribution in [0, 0.1) is 0 Å². The first-order chi connectivity index (χ1) is 40.0. The number of carbonyl (C=O) groups excluding carboxylic acids is 4. The Balaban J connectivity index is 0.000000198. The zero-order valence-corrected chi connectivity index (χ0v) is 49.8. The van der Waals surface area contributed by atoms with Crippen molar-refractivity contribution >= 4 is 68.4 Å². The maximum atomic E-state index is 13.9. The molecule has 6 atom stereocenters. The van der Waals surface area contributed by atoms with Gasteiger partial charge in [-0.15, -0.1) is 0 Å². The SMILES string of the molecule is CC[C@@H](CN1CC[C@@H](CNC(=O)c2ccc3cc(Cl)ccc3c2)N[C@@H](CCN2CCCCC2)C1=O)c1ccccc1.CC[C@H](CN1CC[C@@H](CNC(=O)c2ccc3cc(Cl)ccc3c2)N[C@@H](CCN2CCCCC2)C1=O)c1ccccc1. The summed E-state index contributed by atoms with van der Waals surface area (Å²) in [7, 11) is 0. The van der Waals surface area contributed by atoms with Crippen LogP contribution in [0.5, 0.6) is 0 Å². The van der Waals surface area contributed by atoms with Gasteiger partial charge < -0.3 is 40.9 Å². The molecule has 4 fully saturated rings. The number of halogens is 2. The average molecular weight is 1150 g/mol. The second-order valence-electron chi connectivity index (χ2n) is 23.2. The van der Waals surface area contributed by atoms with Crippen LogP contribution in [-0.2, 0) is 9.59 Å². The molecule has 6 aromatic carbocycles. The van der Waals surface area contributed by atoms with Crippen LogP contribution in [0.1, 0.15) is 135 Å². The summed E-state index contributed by atoms with van der Waals surface area (Å²) in [5.74, 6) is 0.799. The Hall–Kier alpha value is -5.86. The number of hydrogen-bond acceptors (Lipinski definition) is 8. The minimum atomic E-state index is -0.250. The number of likely N-dealkylation sites (tertiary alicyclic amines) is 2. The predicted molar refractivity (Wildman–Crippen MR) is 335 cm³/mol. The molecule has 0 aliphatic carbocycles. The second-order valence-corrected chi connectivity index (χ2v) is 24.1. The summed E-state index contributed by atoms with van der Waals surface area (Å²) in [6, 6.07) is 43.4. The van der Waals surface area contributed by atoms with Gasteiger partial charge in [0.2, 0.25) is 11.8 Å². The highest BCUT2D eigenvalue weighted by atomic mass is 35.5. The van der Waals surface area contributed by atoms with Gasteiger partial charge in [0.25, 0.3) is 11.8 Å². The number of nitrogens with zero attached hydrogens (tertiary/aromatic N) is 4. The molecule has 0 bridgehead atoms. The Morgan fingerprint density at radius 2 is 0.878 bits per heavy atom. The maximum absolute atomic E-state index is 13.9. The molecule has 0 saturated carbocycles. The zero-order valence-electron chi connectivity index (χ0n) is 48.3. The van der Waals surface area contributed by atoms with E-state index in [1.165, 1.54) is 49.7 Å². The summed E-state index contributed by atoms with van der Waals surface area (Å²) in [4.78, 5) is 63.2. The van der Waals surface area contributed by atoms with Crippen molar-refractivity contribution in [3.8, 4) is 0 Å². The summed E-state index contributed by atoms with van der Waals surface area (Å²) in [5.41, 5.74) is 3.82. The van der Waals surface area contributed by atoms with Gasteiger partial charge in [-0.3, -0.25) is 19.2 Å². The molecule has 4 N–H and O–H groups in total. The van der Waals surface area contributed by atoms with Crippen LogP contribution in [0.25, 0.3) is 21.5 Å². The smallest absolute Gasteiger partial charge is 0.251 e. The lowest BCUT2D eigenvalue weighted by molar-refractivity contribution is -0.134. The highest BCUT2D eigenvalue weighted by molar-refractivity contribution is 6.31. The monoisotopic (exact) mass is 1150 g/mol. The van der Waals surface area contributed by atoms with Crippen LogP contribution in [0.4, 0.5) is 0 Å². The molecule has 4 heterocycles. The Labute approximate surface area is 497 Å². The number of fused-ring (bicyclic) bond motifs is 2. The third-order valence-corrected chi connectivity index (χ3v) is 18.0. The number of nitrogens with one attached hydrogen (secondary N) is 4. The first-order valence-electron chi connectivity index (χ1n) is 30.6. The van der Waals surface area contributed by atoms with E-state index in [4.69, 9.17) is 23.2 Å². The van der Waals surface area contributed by atoms with E-state index >= 15 is 0 Å². The Bertz CT molecular complexity index is 2820. The highest BCUT2D eigenvalue weighted by Crippen LogP contribution is 2.27. The van der Waals surface area contributed by atoms with E-state index in [0.717, 1.165) is 112 Å². The molecule has 12 nitrogen and oxygen atoms in total. The predicted octanol–water partition coefficient (Wildman–Crippen LogP) is 11.7. The molecular formula is C68H86Cl2N8O4. The van der Waals surface area contributed by atoms with Crippen molar-refractivity contribution in [2.75, 3.05) is 78.5 Å². The summed E-state index contributed by atoms with van der Waals surface area (Å²) < 4.78 is 0. The van der Waals surface area contributed by atoms with Gasteiger partial charge in [-0.1, -0.05) is 135 Å². The van der Waals surface area contributed by atoms with Gasteiger partial charge in [-0.2, -0.15) is 0 Å². The van der Waals surface area contributed by atoms with Gasteiger partial charge in [0.15, 0.2) is 0 Å². The largest absolute Gasteiger partial charge is 0.350 e. The minimum Gasteiger partial charge on any atom is -0.350 e. The fraction of sp³-hybridized carbons (Fsp3) is 0.471. The molecule has 82 heavy (non-hydrogen) atoms. The number of hydrogen-bond donors (Lipinski definition) is 4. The molecule has 436 valence electrons. The summed E-state index contributed by atoms with van der Waals surface area (Å²) in [5, 5.41) is 19.0. The number of carbonyl (C=O) groups is 4. The third-order valence-electron chi connectivity index (χ3n) is 17.5. The van der Waals surface area contributed by atoms with Gasteiger partial charge >= 0.3 is 0 Å². The van der Waals surface area contributed by atoms with Crippen molar-refractivity contribution in [2.45, 2.75) is 127 Å². The fourth-order valence-electron chi connectivity index (χ4n) is 12.5. The first kappa shape index (κ1) is 60.7. The maximum Gasteiger partial charge on any atom is 0.251 e. The molecular weight excluding hydrogens is 1060 g/mol. The summed E-state index contributed by atoms with van der Waals surface area (Å²) >= 11 is 12.2. The van der Waals surface area contributed by atoms with E-state index in [2.05, 4.69) is 103 Å². The van der Waals surface area contributed by atoms with Crippen molar-refractivity contribution in [1.82, 2.24) is 40.9 Å². The molecule has 14 heteroatoms. The van der Waals surface area contributed by atoms with Gasteiger partial charge in [0.05, 0.1) is 12.1 Å². The van der Waals surface area contributed by atoms with E-state index < -0.39 is 0 Å². The molecule has 6 aromatic rings. The molecule has 4 aliphatic rings. The lowest BCUT2D eigenvalue weighted by atomic mass is 9.95. The topological polar surface area (TPSA) is 129 Å². The van der Waals surface area contributed by atoms with Crippen molar-refractivity contribution in [2.24, 2.45) is 0 Å². The lowest BCUT2D eigenvalue weighted by Crippen LogP contribution is -2.50. The Kier molecular flexibility index (Phi) is 22.7. The standard InChI is InChI=1S/2C34H43ClN4O2/c2*1-2-25(26-9-5-3-6-10-26)24-39-20-15-31(37-32(34(39)41)16-19-38-17-7-4-8-18-38)23-36-33(40)29-12-11-28-22-30(35)14-13-27(28)21-29/h2*3,5-6,9-14,21-22,25,31-32,37H,2,4,7-8,15-20,23-24H2,1H3,(H,36,40)/t25-,31+,32+;25-,31-,32-/m10/s1. The van der Waals surface area contributed by atoms with Gasteiger partial charge in [-0.05, 0) is 172 Å². The Morgan fingerprint density at radius 1 is 0.500 bits per heavy atom. The number of benzene rings is 6. The van der Waals surface area contributed by atoms with Crippen LogP contribution >= 0.6 is 23.2 Å². The van der Waals surface area contributed by atoms with Gasteiger partial charge in [0.1, 0.15) is 0 Å². The van der Waals surface area contributed by atoms with E-state index in [1.807, 2.05) is 84.9 Å². The average Bonchev–Trinajstić information content (AvgIpc) is 3.80. The second kappa shape index (κ2) is 30.6. The molecule has 4 saturated heterocycles. The van der Waals surface area contributed by atoms with Crippen LogP contribution < -0.4 is 21.3 Å². The zero-order chi connectivity index (χ0) is 57.2. The van der Waals surface area contributed by atoms with Crippen molar-refractivity contribution in [1.29, 1.82) is 0 Å². The number of rotatable bonds is 20. The van der Waals surface area contributed by atoms with E-state index in [9.17, 15) is 19.2 Å². The van der Waals surface area contributed by atoms with E-state index in [0.29, 0.717) is 59.2 Å². The molecule has 0 radical (unpaired) electrons. The van der Waals surface area contributed by atoms with Crippen molar-refractivity contribution in [3.05, 3.63) is 166 Å². The number of amides is 4. The summed E-state index contributed by atoms with van der Waals surface area (Å²) in [6.07, 6.45) is 12.7. The molecule has 0 unspecified atom stereocenters. The molecule has 4 aliphatic heterocycles. The third kappa shape index (κ3) is 17.1. The summed E-state index contributed by atoms with van der Waals surface area (Å²) in [6.45, 7) is 14.5. The molecule has 0 aromatic heterocycles.